The summed E-state index contributed by atoms with van der Waals surface area (Å²) in [7, 11) is 0. The largest absolute Gasteiger partial charge is 0.298 e. The molecule has 1 aliphatic heterocycles. The van der Waals surface area contributed by atoms with E-state index in [9.17, 15) is 4.79 Å². The molecule has 0 aromatic carbocycles. The van der Waals surface area contributed by atoms with Crippen LogP contribution in [0.15, 0.2) is 0 Å². The van der Waals surface area contributed by atoms with E-state index in [0.29, 0.717) is 11.8 Å². The highest BCUT2D eigenvalue weighted by molar-refractivity contribution is 5.86. The molecule has 0 spiro atoms. The van der Waals surface area contributed by atoms with Crippen molar-refractivity contribution in [3.05, 3.63) is 0 Å². The Hall–Kier alpha value is -0.370. The van der Waals surface area contributed by atoms with E-state index in [-0.39, 0.29) is 12.0 Å². The fourth-order valence-electron chi connectivity index (χ4n) is 2.10. The molecule has 76 valence electrons. The lowest BCUT2D eigenvalue weighted by molar-refractivity contribution is -0.126. The zero-order valence-corrected chi connectivity index (χ0v) is 9.21. The van der Waals surface area contributed by atoms with Crippen molar-refractivity contribution in [1.29, 1.82) is 0 Å². The molecule has 1 aliphatic rings. The highest BCUT2D eigenvalue weighted by Gasteiger charge is 2.32. The second-order valence-corrected chi connectivity index (χ2v) is 4.55. The van der Waals surface area contributed by atoms with Gasteiger partial charge in [0, 0.05) is 12.0 Å². The van der Waals surface area contributed by atoms with Gasteiger partial charge in [0.15, 0.2) is 5.78 Å². The fraction of sp³-hybridized carbons (Fsp3) is 0.909. The van der Waals surface area contributed by atoms with Gasteiger partial charge in [0.05, 0.1) is 6.04 Å². The van der Waals surface area contributed by atoms with Crippen LogP contribution in [0.5, 0.6) is 0 Å². The van der Waals surface area contributed by atoms with Gasteiger partial charge in [0.2, 0.25) is 0 Å². The molecule has 1 unspecified atom stereocenters. The minimum atomic E-state index is 0.185. The second kappa shape index (κ2) is 4.23. The Morgan fingerprint density at radius 1 is 1.31 bits per heavy atom. The summed E-state index contributed by atoms with van der Waals surface area (Å²) in [6.07, 6.45) is 2.25. The van der Waals surface area contributed by atoms with Crippen molar-refractivity contribution < 1.29 is 4.79 Å². The highest BCUT2D eigenvalue weighted by Crippen LogP contribution is 2.22. The molecule has 0 aromatic heterocycles. The molecule has 1 heterocycles. The molecule has 2 heteroatoms. The van der Waals surface area contributed by atoms with E-state index in [2.05, 4.69) is 18.7 Å². The molecule has 0 amide bonds. The number of hydrogen-bond acceptors (Lipinski definition) is 2. The maximum Gasteiger partial charge on any atom is 0.152 e. The summed E-state index contributed by atoms with van der Waals surface area (Å²) in [6, 6.07) is 0.718. The van der Waals surface area contributed by atoms with Crippen LogP contribution in [0.2, 0.25) is 0 Å². The molecule has 2 nitrogen and oxygen atoms in total. The quantitative estimate of drug-likeness (QED) is 0.667. The maximum atomic E-state index is 11.8. The number of rotatable bonds is 3. The summed E-state index contributed by atoms with van der Waals surface area (Å²) in [5.74, 6) is 0.607. The minimum absolute atomic E-state index is 0.185. The number of ketones is 1. The Labute approximate surface area is 81.3 Å². The first-order chi connectivity index (χ1) is 6.04. The zero-order chi connectivity index (χ0) is 10.0. The molecule has 0 saturated carbocycles. The molecule has 0 aromatic rings. The van der Waals surface area contributed by atoms with Crippen molar-refractivity contribution in [2.24, 2.45) is 5.92 Å². The van der Waals surface area contributed by atoms with Gasteiger partial charge in [-0.3, -0.25) is 9.69 Å². The number of nitrogens with zero attached hydrogens (tertiary/aromatic N) is 1. The van der Waals surface area contributed by atoms with Crippen LogP contribution in [-0.2, 0) is 4.79 Å². The van der Waals surface area contributed by atoms with Crippen molar-refractivity contribution in [3.8, 4) is 0 Å². The van der Waals surface area contributed by atoms with E-state index in [0.717, 1.165) is 13.0 Å². The lowest BCUT2D eigenvalue weighted by atomic mass is 9.99. The molecule has 0 N–H and O–H groups in total. The van der Waals surface area contributed by atoms with Crippen LogP contribution >= 0.6 is 0 Å². The summed E-state index contributed by atoms with van der Waals surface area (Å²) in [5, 5.41) is 0. The third-order valence-corrected chi connectivity index (χ3v) is 2.85. The van der Waals surface area contributed by atoms with Gasteiger partial charge < -0.3 is 0 Å². The molecule has 1 saturated heterocycles. The van der Waals surface area contributed by atoms with Gasteiger partial charge in [-0.25, -0.2) is 0 Å². The summed E-state index contributed by atoms with van der Waals surface area (Å²) < 4.78 is 0. The average molecular weight is 183 g/mol. The Morgan fingerprint density at radius 2 is 1.92 bits per heavy atom. The number of carbonyl (C=O) groups is 1. The van der Waals surface area contributed by atoms with E-state index >= 15 is 0 Å². The van der Waals surface area contributed by atoms with Crippen LogP contribution in [0.3, 0.4) is 0 Å². The SMILES string of the molecule is CC(C)C(=O)C1CCCN1C(C)C. The standard InChI is InChI=1S/C11H21NO/c1-8(2)11(13)10-6-5-7-12(10)9(3)4/h8-10H,5-7H2,1-4H3. The van der Waals surface area contributed by atoms with Gasteiger partial charge >= 0.3 is 0 Å². The van der Waals surface area contributed by atoms with Crippen molar-refractivity contribution in [3.63, 3.8) is 0 Å². The van der Waals surface area contributed by atoms with E-state index in [1.54, 1.807) is 0 Å². The normalized spacial score (nSPS) is 24.6. The van der Waals surface area contributed by atoms with E-state index in [1.165, 1.54) is 6.42 Å². The first kappa shape index (κ1) is 10.7. The van der Waals surface area contributed by atoms with Crippen molar-refractivity contribution >= 4 is 5.78 Å². The monoisotopic (exact) mass is 183 g/mol. The van der Waals surface area contributed by atoms with E-state index in [1.807, 2.05) is 13.8 Å². The number of likely N-dealkylation sites (tertiary alicyclic amines) is 1. The molecular formula is C11H21NO. The third-order valence-electron chi connectivity index (χ3n) is 2.85. The fourth-order valence-corrected chi connectivity index (χ4v) is 2.10. The van der Waals surface area contributed by atoms with Gasteiger partial charge in [-0.05, 0) is 33.2 Å². The summed E-state index contributed by atoms with van der Waals surface area (Å²) in [5.41, 5.74) is 0. The Bertz CT molecular complexity index is 187. The molecule has 0 radical (unpaired) electrons. The van der Waals surface area contributed by atoms with Crippen molar-refractivity contribution in [2.75, 3.05) is 6.54 Å². The van der Waals surface area contributed by atoms with E-state index in [4.69, 9.17) is 0 Å². The lowest BCUT2D eigenvalue weighted by Gasteiger charge is -2.28. The second-order valence-electron chi connectivity index (χ2n) is 4.55. The number of carbonyl (C=O) groups excluding carboxylic acids is 1. The summed E-state index contributed by atoms with van der Waals surface area (Å²) >= 11 is 0. The number of Topliss-reactive ketones (excluding diaryl/α,β-unsaturated/α-hetero) is 1. The molecule has 1 fully saturated rings. The van der Waals surface area contributed by atoms with Gasteiger partial charge in [0.1, 0.15) is 0 Å². The molecule has 1 atom stereocenters. The topological polar surface area (TPSA) is 20.3 Å². The molecular weight excluding hydrogens is 162 g/mol. The predicted octanol–water partition coefficient (Wildman–Crippen LogP) is 2.08. The predicted molar refractivity (Wildman–Crippen MR) is 54.7 cm³/mol. The molecule has 13 heavy (non-hydrogen) atoms. The van der Waals surface area contributed by atoms with Crippen LogP contribution in [-0.4, -0.2) is 29.3 Å². The van der Waals surface area contributed by atoms with E-state index < -0.39 is 0 Å². The van der Waals surface area contributed by atoms with Crippen LogP contribution in [0.1, 0.15) is 40.5 Å². The molecule has 0 bridgehead atoms. The zero-order valence-electron chi connectivity index (χ0n) is 9.21. The number of hydrogen-bond donors (Lipinski definition) is 0. The average Bonchev–Trinajstić information content (AvgIpc) is 2.50. The summed E-state index contributed by atoms with van der Waals surface area (Å²) in [6.45, 7) is 9.44. The molecule has 1 rings (SSSR count). The van der Waals surface area contributed by atoms with Crippen LogP contribution in [0.4, 0.5) is 0 Å². The smallest absolute Gasteiger partial charge is 0.152 e. The maximum absolute atomic E-state index is 11.8. The third kappa shape index (κ3) is 2.31. The Morgan fingerprint density at radius 3 is 2.38 bits per heavy atom. The van der Waals surface area contributed by atoms with Gasteiger partial charge in [0.25, 0.3) is 0 Å². The lowest BCUT2D eigenvalue weighted by Crippen LogP contribution is -2.42. The first-order valence-electron chi connectivity index (χ1n) is 5.33. The minimum Gasteiger partial charge on any atom is -0.298 e. The summed E-state index contributed by atoms with van der Waals surface area (Å²) in [4.78, 5) is 14.2. The van der Waals surface area contributed by atoms with Crippen LogP contribution < -0.4 is 0 Å². The Balaban J connectivity index is 2.63. The van der Waals surface area contributed by atoms with Gasteiger partial charge in [-0.15, -0.1) is 0 Å². The van der Waals surface area contributed by atoms with Gasteiger partial charge in [-0.2, -0.15) is 0 Å². The van der Waals surface area contributed by atoms with Crippen molar-refractivity contribution in [2.45, 2.75) is 52.6 Å². The Kier molecular flexibility index (Phi) is 3.48. The molecule has 0 aliphatic carbocycles. The first-order valence-corrected chi connectivity index (χ1v) is 5.33. The van der Waals surface area contributed by atoms with Crippen molar-refractivity contribution in [1.82, 2.24) is 4.90 Å². The van der Waals surface area contributed by atoms with Crippen LogP contribution in [0.25, 0.3) is 0 Å². The van der Waals surface area contributed by atoms with Gasteiger partial charge in [-0.1, -0.05) is 13.8 Å². The highest BCUT2D eigenvalue weighted by atomic mass is 16.1. The van der Waals surface area contributed by atoms with Crippen LogP contribution in [0, 0.1) is 5.92 Å².